The van der Waals surface area contributed by atoms with Crippen molar-refractivity contribution in [1.82, 2.24) is 4.90 Å². The first-order chi connectivity index (χ1) is 6.61. The Labute approximate surface area is 84.2 Å². The molecule has 80 valence electrons. The molecule has 1 amide bonds. The summed E-state index contributed by atoms with van der Waals surface area (Å²) in [5, 5.41) is 8.57. The van der Waals surface area contributed by atoms with Crippen LogP contribution in [-0.4, -0.2) is 35.0 Å². The predicted molar refractivity (Wildman–Crippen MR) is 53.9 cm³/mol. The number of carbonyl (C=O) groups excluding carboxylic acids is 1. The van der Waals surface area contributed by atoms with E-state index in [-0.39, 0.29) is 12.5 Å². The van der Waals surface area contributed by atoms with Crippen LogP contribution in [0.2, 0.25) is 0 Å². The third-order valence-corrected chi connectivity index (χ3v) is 1.73. The zero-order chi connectivity index (χ0) is 11.0. The molecular weight excluding hydrogens is 182 g/mol. The first-order valence-electron chi connectivity index (χ1n) is 4.72. The summed E-state index contributed by atoms with van der Waals surface area (Å²) in [6, 6.07) is 0. The number of carboxylic acid groups (broad SMARTS) is 1. The fourth-order valence-electron chi connectivity index (χ4n) is 1.11. The first-order valence-corrected chi connectivity index (χ1v) is 4.72. The number of amides is 1. The average Bonchev–Trinajstić information content (AvgIpc) is 2.13. The van der Waals surface area contributed by atoms with Crippen LogP contribution < -0.4 is 0 Å². The summed E-state index contributed by atoms with van der Waals surface area (Å²) >= 11 is 0. The molecule has 0 aliphatic carbocycles. The highest BCUT2D eigenvalue weighted by molar-refractivity contribution is 5.81. The standard InChI is InChI=1S/C10H17NO3/c1-3-5-6-9(12)11(7-4-2)8-10(13)14/h3H,1,4-8H2,2H3,(H,13,14). The van der Waals surface area contributed by atoms with Gasteiger partial charge in [0.15, 0.2) is 0 Å². The second-order valence-corrected chi connectivity index (χ2v) is 3.04. The van der Waals surface area contributed by atoms with Gasteiger partial charge in [-0.1, -0.05) is 13.0 Å². The zero-order valence-electron chi connectivity index (χ0n) is 8.53. The van der Waals surface area contributed by atoms with Crippen molar-refractivity contribution in [2.24, 2.45) is 0 Å². The van der Waals surface area contributed by atoms with Gasteiger partial charge in [0.25, 0.3) is 0 Å². The number of allylic oxidation sites excluding steroid dienone is 1. The lowest BCUT2D eigenvalue weighted by molar-refractivity contribution is -0.144. The maximum atomic E-state index is 11.4. The number of carboxylic acids is 1. The van der Waals surface area contributed by atoms with E-state index in [4.69, 9.17) is 5.11 Å². The summed E-state index contributed by atoms with van der Waals surface area (Å²) in [4.78, 5) is 23.3. The summed E-state index contributed by atoms with van der Waals surface area (Å²) in [5.41, 5.74) is 0. The van der Waals surface area contributed by atoms with Gasteiger partial charge >= 0.3 is 5.97 Å². The number of carbonyl (C=O) groups is 2. The highest BCUT2D eigenvalue weighted by Gasteiger charge is 2.14. The Hall–Kier alpha value is -1.32. The molecule has 0 atom stereocenters. The Kier molecular flexibility index (Phi) is 6.45. The molecule has 0 bridgehead atoms. The fraction of sp³-hybridized carbons (Fsp3) is 0.600. The number of hydrogen-bond donors (Lipinski definition) is 1. The predicted octanol–water partition coefficient (Wildman–Crippen LogP) is 1.28. The Morgan fingerprint density at radius 1 is 1.50 bits per heavy atom. The largest absolute Gasteiger partial charge is 0.480 e. The first kappa shape index (κ1) is 12.7. The van der Waals surface area contributed by atoms with Gasteiger partial charge in [0.1, 0.15) is 6.54 Å². The lowest BCUT2D eigenvalue weighted by Crippen LogP contribution is -2.36. The van der Waals surface area contributed by atoms with Gasteiger partial charge in [0.05, 0.1) is 0 Å². The molecule has 0 rings (SSSR count). The summed E-state index contributed by atoms with van der Waals surface area (Å²) in [7, 11) is 0. The number of nitrogens with zero attached hydrogens (tertiary/aromatic N) is 1. The Balaban J connectivity index is 4.09. The van der Waals surface area contributed by atoms with E-state index in [1.54, 1.807) is 6.08 Å². The van der Waals surface area contributed by atoms with E-state index in [1.807, 2.05) is 6.92 Å². The summed E-state index contributed by atoms with van der Waals surface area (Å²) in [5.74, 6) is -1.08. The van der Waals surface area contributed by atoms with Gasteiger partial charge in [0.2, 0.25) is 5.91 Å². The zero-order valence-corrected chi connectivity index (χ0v) is 8.53. The van der Waals surface area contributed by atoms with E-state index in [2.05, 4.69) is 6.58 Å². The van der Waals surface area contributed by atoms with Crippen LogP contribution in [0.15, 0.2) is 12.7 Å². The minimum Gasteiger partial charge on any atom is -0.480 e. The quantitative estimate of drug-likeness (QED) is 0.628. The molecule has 0 aromatic rings. The lowest BCUT2D eigenvalue weighted by atomic mass is 10.2. The van der Waals surface area contributed by atoms with Crippen molar-refractivity contribution >= 4 is 11.9 Å². The monoisotopic (exact) mass is 199 g/mol. The average molecular weight is 199 g/mol. The second kappa shape index (κ2) is 7.12. The molecular formula is C10H17NO3. The van der Waals surface area contributed by atoms with Crippen LogP contribution in [0.3, 0.4) is 0 Å². The van der Waals surface area contributed by atoms with Crippen molar-refractivity contribution in [3.63, 3.8) is 0 Å². The van der Waals surface area contributed by atoms with E-state index < -0.39 is 5.97 Å². The molecule has 1 N–H and O–H groups in total. The van der Waals surface area contributed by atoms with Gasteiger partial charge in [-0.25, -0.2) is 0 Å². The van der Waals surface area contributed by atoms with Crippen molar-refractivity contribution in [2.45, 2.75) is 26.2 Å². The number of aliphatic carboxylic acids is 1. The van der Waals surface area contributed by atoms with Crippen molar-refractivity contribution in [3.05, 3.63) is 12.7 Å². The van der Waals surface area contributed by atoms with Gasteiger partial charge in [-0.2, -0.15) is 0 Å². The molecule has 0 heterocycles. The molecule has 0 aliphatic rings. The molecule has 0 aliphatic heterocycles. The molecule has 0 unspecified atom stereocenters. The Morgan fingerprint density at radius 2 is 2.14 bits per heavy atom. The maximum absolute atomic E-state index is 11.4. The normalized spacial score (nSPS) is 9.50. The maximum Gasteiger partial charge on any atom is 0.323 e. The summed E-state index contributed by atoms with van der Waals surface area (Å²) < 4.78 is 0. The number of rotatable bonds is 7. The van der Waals surface area contributed by atoms with Crippen molar-refractivity contribution < 1.29 is 14.7 Å². The molecule has 0 saturated heterocycles. The van der Waals surface area contributed by atoms with Crippen molar-refractivity contribution in [3.8, 4) is 0 Å². The van der Waals surface area contributed by atoms with Gasteiger partial charge in [0, 0.05) is 13.0 Å². The molecule has 0 aromatic carbocycles. The van der Waals surface area contributed by atoms with Crippen LogP contribution in [0.4, 0.5) is 0 Å². The topological polar surface area (TPSA) is 57.6 Å². The Morgan fingerprint density at radius 3 is 2.57 bits per heavy atom. The molecule has 0 fully saturated rings. The van der Waals surface area contributed by atoms with E-state index in [0.717, 1.165) is 6.42 Å². The third-order valence-electron chi connectivity index (χ3n) is 1.73. The smallest absolute Gasteiger partial charge is 0.323 e. The van der Waals surface area contributed by atoms with Crippen LogP contribution in [0.5, 0.6) is 0 Å². The molecule has 0 aromatic heterocycles. The van der Waals surface area contributed by atoms with Crippen LogP contribution in [0.1, 0.15) is 26.2 Å². The second-order valence-electron chi connectivity index (χ2n) is 3.04. The molecule has 14 heavy (non-hydrogen) atoms. The fourth-order valence-corrected chi connectivity index (χ4v) is 1.11. The molecule has 0 radical (unpaired) electrons. The minimum atomic E-state index is -0.967. The van der Waals surface area contributed by atoms with Crippen LogP contribution in [0.25, 0.3) is 0 Å². The summed E-state index contributed by atoms with van der Waals surface area (Å²) in [6.45, 7) is 5.72. The van der Waals surface area contributed by atoms with Gasteiger partial charge in [-0.3, -0.25) is 9.59 Å². The Bertz CT molecular complexity index is 213. The van der Waals surface area contributed by atoms with Crippen molar-refractivity contribution in [2.75, 3.05) is 13.1 Å². The number of hydrogen-bond acceptors (Lipinski definition) is 2. The SMILES string of the molecule is C=CCCC(=O)N(CCC)CC(=O)O. The molecule has 0 spiro atoms. The highest BCUT2D eigenvalue weighted by Crippen LogP contribution is 1.99. The van der Waals surface area contributed by atoms with Gasteiger partial charge < -0.3 is 10.0 Å². The summed E-state index contributed by atoms with van der Waals surface area (Å²) in [6.07, 6.45) is 3.37. The van der Waals surface area contributed by atoms with Crippen LogP contribution in [-0.2, 0) is 9.59 Å². The molecule has 4 nitrogen and oxygen atoms in total. The van der Waals surface area contributed by atoms with Crippen LogP contribution in [0, 0.1) is 0 Å². The highest BCUT2D eigenvalue weighted by atomic mass is 16.4. The van der Waals surface area contributed by atoms with E-state index in [1.165, 1.54) is 4.90 Å². The van der Waals surface area contributed by atoms with Gasteiger partial charge in [-0.05, 0) is 12.8 Å². The minimum absolute atomic E-state index is 0.117. The molecule has 0 saturated carbocycles. The van der Waals surface area contributed by atoms with Crippen molar-refractivity contribution in [1.29, 1.82) is 0 Å². The van der Waals surface area contributed by atoms with Crippen LogP contribution >= 0.6 is 0 Å². The lowest BCUT2D eigenvalue weighted by Gasteiger charge is -2.19. The van der Waals surface area contributed by atoms with Gasteiger partial charge in [-0.15, -0.1) is 6.58 Å². The third kappa shape index (κ3) is 5.35. The van der Waals surface area contributed by atoms with E-state index in [9.17, 15) is 9.59 Å². The molecule has 4 heteroatoms. The van der Waals surface area contributed by atoms with E-state index in [0.29, 0.717) is 19.4 Å². The van der Waals surface area contributed by atoms with E-state index >= 15 is 0 Å².